The third kappa shape index (κ3) is 4.61. The molecule has 1 saturated heterocycles. The zero-order valence-electron chi connectivity index (χ0n) is 13.5. The molecule has 4 heteroatoms. The molecule has 0 saturated carbocycles. The summed E-state index contributed by atoms with van der Waals surface area (Å²) >= 11 is 0. The fourth-order valence-corrected chi connectivity index (χ4v) is 2.69. The highest BCUT2D eigenvalue weighted by atomic mass is 16.6. The van der Waals surface area contributed by atoms with Gasteiger partial charge in [-0.1, -0.05) is 6.07 Å². The standard InChI is InChI=1S/C17H27NO3/c1-12(18)9-13-5-6-14(19-4)10-16(13)20-11-15-7-8-17(2,3)21-15/h5-6,10,12,15H,7-9,11,18H2,1-4H3. The third-order valence-electron chi connectivity index (χ3n) is 3.80. The van der Waals surface area contributed by atoms with E-state index >= 15 is 0 Å². The van der Waals surface area contributed by atoms with Crippen LogP contribution in [0.2, 0.25) is 0 Å². The minimum absolute atomic E-state index is 0.0307. The van der Waals surface area contributed by atoms with E-state index in [0.717, 1.165) is 36.3 Å². The Morgan fingerprint density at radius 3 is 2.76 bits per heavy atom. The van der Waals surface area contributed by atoms with Crippen molar-refractivity contribution in [2.24, 2.45) is 5.73 Å². The molecule has 1 aliphatic rings. The predicted molar refractivity (Wildman–Crippen MR) is 84.0 cm³/mol. The van der Waals surface area contributed by atoms with Crippen LogP contribution in [0.1, 0.15) is 39.2 Å². The van der Waals surface area contributed by atoms with Crippen LogP contribution in [-0.4, -0.2) is 31.5 Å². The summed E-state index contributed by atoms with van der Waals surface area (Å²) in [5.41, 5.74) is 6.99. The molecule has 0 aromatic heterocycles. The first kappa shape index (κ1) is 16.1. The van der Waals surface area contributed by atoms with Gasteiger partial charge in [-0.05, 0) is 51.7 Å². The zero-order valence-corrected chi connectivity index (χ0v) is 13.5. The average molecular weight is 293 g/mol. The van der Waals surface area contributed by atoms with Crippen molar-refractivity contribution < 1.29 is 14.2 Å². The van der Waals surface area contributed by atoms with Crippen molar-refractivity contribution in [1.82, 2.24) is 0 Å². The summed E-state index contributed by atoms with van der Waals surface area (Å²) in [6.45, 7) is 6.82. The molecule has 118 valence electrons. The molecule has 2 unspecified atom stereocenters. The highest BCUT2D eigenvalue weighted by Crippen LogP contribution is 2.31. The van der Waals surface area contributed by atoms with Crippen LogP contribution in [0.5, 0.6) is 11.5 Å². The quantitative estimate of drug-likeness (QED) is 0.876. The Hall–Kier alpha value is -1.26. The second-order valence-corrected chi connectivity index (χ2v) is 6.50. The van der Waals surface area contributed by atoms with Crippen molar-refractivity contribution in [2.45, 2.75) is 57.8 Å². The molecule has 0 amide bonds. The lowest BCUT2D eigenvalue weighted by Gasteiger charge is -2.20. The summed E-state index contributed by atoms with van der Waals surface area (Å²) in [6, 6.07) is 6.00. The van der Waals surface area contributed by atoms with Gasteiger partial charge in [-0.25, -0.2) is 0 Å². The van der Waals surface area contributed by atoms with E-state index in [1.165, 1.54) is 0 Å². The number of hydrogen-bond acceptors (Lipinski definition) is 4. The maximum absolute atomic E-state index is 6.00. The highest BCUT2D eigenvalue weighted by Gasteiger charge is 2.32. The van der Waals surface area contributed by atoms with Crippen molar-refractivity contribution in [3.05, 3.63) is 23.8 Å². The fraction of sp³-hybridized carbons (Fsp3) is 0.647. The van der Waals surface area contributed by atoms with Gasteiger partial charge in [0.05, 0.1) is 18.8 Å². The maximum Gasteiger partial charge on any atom is 0.126 e. The van der Waals surface area contributed by atoms with E-state index in [0.29, 0.717) is 6.61 Å². The van der Waals surface area contributed by atoms with Crippen molar-refractivity contribution in [3.8, 4) is 11.5 Å². The van der Waals surface area contributed by atoms with E-state index < -0.39 is 0 Å². The largest absolute Gasteiger partial charge is 0.497 e. The summed E-state index contributed by atoms with van der Waals surface area (Å²) in [7, 11) is 1.66. The molecule has 0 radical (unpaired) electrons. The molecule has 2 atom stereocenters. The molecule has 4 nitrogen and oxygen atoms in total. The Labute approximate surface area is 127 Å². The van der Waals surface area contributed by atoms with Crippen molar-refractivity contribution in [2.75, 3.05) is 13.7 Å². The number of methoxy groups -OCH3 is 1. The number of rotatable bonds is 6. The van der Waals surface area contributed by atoms with Crippen molar-refractivity contribution in [3.63, 3.8) is 0 Å². The number of nitrogens with two attached hydrogens (primary N) is 1. The van der Waals surface area contributed by atoms with Crippen LogP contribution in [0.15, 0.2) is 18.2 Å². The van der Waals surface area contributed by atoms with Gasteiger partial charge < -0.3 is 19.9 Å². The summed E-state index contributed by atoms with van der Waals surface area (Å²) in [6.07, 6.45) is 3.07. The second-order valence-electron chi connectivity index (χ2n) is 6.50. The SMILES string of the molecule is COc1ccc(CC(C)N)c(OCC2CCC(C)(C)O2)c1. The van der Waals surface area contributed by atoms with Crippen LogP contribution in [0.25, 0.3) is 0 Å². The molecule has 21 heavy (non-hydrogen) atoms. The number of ether oxygens (including phenoxy) is 3. The first-order valence-corrected chi connectivity index (χ1v) is 7.63. The topological polar surface area (TPSA) is 53.7 Å². The first-order chi connectivity index (χ1) is 9.89. The van der Waals surface area contributed by atoms with Gasteiger partial charge in [0, 0.05) is 12.1 Å². The molecule has 2 N–H and O–H groups in total. The molecule has 2 rings (SSSR count). The predicted octanol–water partition coefficient (Wildman–Crippen LogP) is 2.92. The zero-order chi connectivity index (χ0) is 15.5. The number of benzene rings is 1. The highest BCUT2D eigenvalue weighted by molar-refractivity contribution is 5.41. The van der Waals surface area contributed by atoms with Gasteiger partial charge in [0.25, 0.3) is 0 Å². The van der Waals surface area contributed by atoms with Gasteiger partial charge in [0.15, 0.2) is 0 Å². The molecule has 1 heterocycles. The van der Waals surface area contributed by atoms with Gasteiger partial charge in [0.1, 0.15) is 18.1 Å². The number of hydrogen-bond donors (Lipinski definition) is 1. The van der Waals surface area contributed by atoms with Gasteiger partial charge in [-0.2, -0.15) is 0 Å². The fourth-order valence-electron chi connectivity index (χ4n) is 2.69. The van der Waals surface area contributed by atoms with E-state index in [1.54, 1.807) is 7.11 Å². The van der Waals surface area contributed by atoms with E-state index in [2.05, 4.69) is 13.8 Å². The van der Waals surface area contributed by atoms with E-state index in [-0.39, 0.29) is 17.7 Å². The van der Waals surface area contributed by atoms with Crippen LogP contribution in [0, 0.1) is 0 Å². The van der Waals surface area contributed by atoms with E-state index in [9.17, 15) is 0 Å². The second kappa shape index (κ2) is 6.67. The third-order valence-corrected chi connectivity index (χ3v) is 3.80. The lowest BCUT2D eigenvalue weighted by molar-refractivity contribution is -0.0327. The van der Waals surface area contributed by atoms with Crippen LogP contribution in [0.4, 0.5) is 0 Å². The van der Waals surface area contributed by atoms with Crippen LogP contribution < -0.4 is 15.2 Å². The minimum Gasteiger partial charge on any atom is -0.497 e. The van der Waals surface area contributed by atoms with Gasteiger partial charge >= 0.3 is 0 Å². The summed E-state index contributed by atoms with van der Waals surface area (Å²) in [5, 5.41) is 0. The van der Waals surface area contributed by atoms with Gasteiger partial charge in [0.2, 0.25) is 0 Å². The van der Waals surface area contributed by atoms with Crippen LogP contribution in [-0.2, 0) is 11.2 Å². The molecule has 1 aliphatic heterocycles. The van der Waals surface area contributed by atoms with Gasteiger partial charge in [-0.15, -0.1) is 0 Å². The smallest absolute Gasteiger partial charge is 0.126 e. The van der Waals surface area contributed by atoms with Gasteiger partial charge in [-0.3, -0.25) is 0 Å². The molecule has 0 aliphatic carbocycles. The van der Waals surface area contributed by atoms with Crippen molar-refractivity contribution in [1.29, 1.82) is 0 Å². The van der Waals surface area contributed by atoms with Crippen LogP contribution >= 0.6 is 0 Å². The first-order valence-electron chi connectivity index (χ1n) is 7.63. The van der Waals surface area contributed by atoms with Crippen molar-refractivity contribution >= 4 is 0 Å². The Morgan fingerprint density at radius 2 is 2.19 bits per heavy atom. The Bertz CT molecular complexity index is 471. The lowest BCUT2D eigenvalue weighted by atomic mass is 10.1. The summed E-state index contributed by atoms with van der Waals surface area (Å²) < 4.78 is 17.2. The normalized spacial score (nSPS) is 22.0. The lowest BCUT2D eigenvalue weighted by Crippen LogP contribution is -2.24. The summed E-state index contributed by atoms with van der Waals surface area (Å²) in [5.74, 6) is 1.64. The molecule has 0 spiro atoms. The molecule has 0 bridgehead atoms. The monoisotopic (exact) mass is 293 g/mol. The molecule has 1 fully saturated rings. The summed E-state index contributed by atoms with van der Waals surface area (Å²) in [4.78, 5) is 0. The average Bonchev–Trinajstić information content (AvgIpc) is 2.76. The molecular weight excluding hydrogens is 266 g/mol. The molecule has 1 aromatic rings. The minimum atomic E-state index is -0.0307. The Kier molecular flexibility index (Phi) is 5.12. The molecular formula is C17H27NO3. The Balaban J connectivity index is 2.03. The van der Waals surface area contributed by atoms with E-state index in [1.807, 2.05) is 25.1 Å². The molecule has 1 aromatic carbocycles. The maximum atomic E-state index is 6.00. The van der Waals surface area contributed by atoms with E-state index in [4.69, 9.17) is 19.9 Å². The Morgan fingerprint density at radius 1 is 1.43 bits per heavy atom. The van der Waals surface area contributed by atoms with Crippen LogP contribution in [0.3, 0.4) is 0 Å².